The van der Waals surface area contributed by atoms with E-state index >= 15 is 0 Å². The highest BCUT2D eigenvalue weighted by Crippen LogP contribution is 2.25. The Morgan fingerprint density at radius 3 is 2.65 bits per heavy atom. The van der Waals surface area contributed by atoms with Gasteiger partial charge in [0.05, 0.1) is 6.54 Å². The van der Waals surface area contributed by atoms with E-state index in [1.54, 1.807) is 0 Å². The first-order chi connectivity index (χ1) is 11.1. The molecular weight excluding hydrogens is 290 g/mol. The van der Waals surface area contributed by atoms with Crippen molar-refractivity contribution in [2.45, 2.75) is 32.1 Å². The molecule has 1 aliphatic carbocycles. The molecule has 0 atom stereocenters. The Balaban J connectivity index is 1.59. The predicted molar refractivity (Wildman–Crippen MR) is 93.2 cm³/mol. The maximum Gasteiger partial charge on any atom is 0.314 e. The SMILES string of the molecule is CN(C)CCCNC(=O)NCCOc1ccc2c(c1)CCCC2. The first kappa shape index (κ1) is 17.6. The molecule has 0 spiro atoms. The van der Waals surface area contributed by atoms with Crippen LogP contribution in [0, 0.1) is 0 Å². The third-order valence-corrected chi connectivity index (χ3v) is 4.04. The van der Waals surface area contributed by atoms with E-state index in [1.165, 1.54) is 30.4 Å². The molecule has 1 aliphatic rings. The van der Waals surface area contributed by atoms with Crippen LogP contribution in [0.3, 0.4) is 0 Å². The molecule has 1 aromatic carbocycles. The summed E-state index contributed by atoms with van der Waals surface area (Å²) < 4.78 is 5.73. The van der Waals surface area contributed by atoms with E-state index in [4.69, 9.17) is 4.74 Å². The Morgan fingerprint density at radius 2 is 1.87 bits per heavy atom. The number of aryl methyl sites for hydroxylation is 2. The lowest BCUT2D eigenvalue weighted by molar-refractivity contribution is 0.236. The quantitative estimate of drug-likeness (QED) is 0.722. The first-order valence-corrected chi connectivity index (χ1v) is 8.56. The van der Waals surface area contributed by atoms with Gasteiger partial charge in [-0.25, -0.2) is 4.79 Å². The maximum atomic E-state index is 11.6. The Hall–Kier alpha value is -1.75. The van der Waals surface area contributed by atoms with Gasteiger partial charge in [0, 0.05) is 6.54 Å². The zero-order chi connectivity index (χ0) is 16.5. The molecule has 0 bridgehead atoms. The van der Waals surface area contributed by atoms with Gasteiger partial charge in [-0.05, 0) is 76.0 Å². The Morgan fingerprint density at radius 1 is 1.13 bits per heavy atom. The summed E-state index contributed by atoms with van der Waals surface area (Å²) in [6.07, 6.45) is 5.85. The molecule has 0 fully saturated rings. The molecule has 0 aromatic heterocycles. The van der Waals surface area contributed by atoms with E-state index in [0.29, 0.717) is 19.7 Å². The highest BCUT2D eigenvalue weighted by atomic mass is 16.5. The van der Waals surface area contributed by atoms with Crippen molar-refractivity contribution in [3.8, 4) is 5.75 Å². The van der Waals surface area contributed by atoms with Crippen LogP contribution in [0.25, 0.3) is 0 Å². The number of ether oxygens (including phenoxy) is 1. The number of urea groups is 1. The van der Waals surface area contributed by atoms with Gasteiger partial charge in [0.15, 0.2) is 0 Å². The van der Waals surface area contributed by atoms with Crippen molar-refractivity contribution in [2.24, 2.45) is 0 Å². The molecule has 2 amide bonds. The summed E-state index contributed by atoms with van der Waals surface area (Å²) >= 11 is 0. The van der Waals surface area contributed by atoms with Crippen LogP contribution in [0.5, 0.6) is 5.75 Å². The second-order valence-corrected chi connectivity index (χ2v) is 6.33. The zero-order valence-corrected chi connectivity index (χ0v) is 14.4. The molecule has 2 rings (SSSR count). The van der Waals surface area contributed by atoms with Crippen molar-refractivity contribution >= 4 is 6.03 Å². The minimum absolute atomic E-state index is 0.127. The van der Waals surface area contributed by atoms with Crippen LogP contribution in [-0.4, -0.2) is 51.3 Å². The number of benzene rings is 1. The Labute approximate surface area is 139 Å². The van der Waals surface area contributed by atoms with Gasteiger partial charge in [0.2, 0.25) is 0 Å². The van der Waals surface area contributed by atoms with Crippen molar-refractivity contribution in [3.05, 3.63) is 29.3 Å². The third kappa shape index (κ3) is 6.48. The van der Waals surface area contributed by atoms with Crippen LogP contribution in [-0.2, 0) is 12.8 Å². The average molecular weight is 319 g/mol. The maximum absolute atomic E-state index is 11.6. The van der Waals surface area contributed by atoms with Crippen molar-refractivity contribution in [2.75, 3.05) is 40.3 Å². The first-order valence-electron chi connectivity index (χ1n) is 8.56. The zero-order valence-electron chi connectivity index (χ0n) is 14.4. The molecule has 23 heavy (non-hydrogen) atoms. The summed E-state index contributed by atoms with van der Waals surface area (Å²) in [5.41, 5.74) is 2.87. The highest BCUT2D eigenvalue weighted by Gasteiger charge is 2.09. The fourth-order valence-electron chi connectivity index (χ4n) is 2.79. The average Bonchev–Trinajstić information content (AvgIpc) is 2.55. The third-order valence-electron chi connectivity index (χ3n) is 4.04. The summed E-state index contributed by atoms with van der Waals surface area (Å²) in [5, 5.41) is 5.66. The summed E-state index contributed by atoms with van der Waals surface area (Å²) in [6, 6.07) is 6.23. The van der Waals surface area contributed by atoms with Crippen molar-refractivity contribution in [3.63, 3.8) is 0 Å². The normalized spacial score (nSPS) is 13.5. The number of amides is 2. The molecule has 0 saturated carbocycles. The van der Waals surface area contributed by atoms with Gasteiger partial charge < -0.3 is 20.3 Å². The van der Waals surface area contributed by atoms with Gasteiger partial charge in [-0.15, -0.1) is 0 Å². The molecule has 0 saturated heterocycles. The van der Waals surface area contributed by atoms with E-state index < -0.39 is 0 Å². The minimum atomic E-state index is -0.127. The summed E-state index contributed by atoms with van der Waals surface area (Å²) in [4.78, 5) is 13.7. The van der Waals surface area contributed by atoms with Gasteiger partial charge in [-0.3, -0.25) is 0 Å². The Bertz CT molecular complexity index is 503. The molecule has 128 valence electrons. The van der Waals surface area contributed by atoms with Crippen LogP contribution in [0.4, 0.5) is 4.79 Å². The topological polar surface area (TPSA) is 53.6 Å². The number of rotatable bonds is 8. The van der Waals surface area contributed by atoms with Crippen LogP contribution in [0.15, 0.2) is 18.2 Å². The number of hydrogen-bond acceptors (Lipinski definition) is 3. The monoisotopic (exact) mass is 319 g/mol. The predicted octanol–water partition coefficient (Wildman–Crippen LogP) is 2.20. The molecule has 0 unspecified atom stereocenters. The molecule has 0 aliphatic heterocycles. The Kier molecular flexibility index (Phi) is 7.20. The standard InChI is InChI=1S/C18H29N3O2/c1-21(2)12-5-10-19-18(22)20-11-13-23-17-9-8-15-6-3-4-7-16(15)14-17/h8-9,14H,3-7,10-13H2,1-2H3,(H2,19,20,22). The second kappa shape index (κ2) is 9.40. The van der Waals surface area contributed by atoms with Crippen LogP contribution in [0.2, 0.25) is 0 Å². The van der Waals surface area contributed by atoms with Crippen LogP contribution in [0.1, 0.15) is 30.4 Å². The smallest absolute Gasteiger partial charge is 0.314 e. The van der Waals surface area contributed by atoms with E-state index in [0.717, 1.165) is 25.1 Å². The number of fused-ring (bicyclic) bond motifs is 1. The molecule has 2 N–H and O–H groups in total. The van der Waals surface area contributed by atoms with Gasteiger partial charge in [0.25, 0.3) is 0 Å². The van der Waals surface area contributed by atoms with Crippen molar-refractivity contribution < 1.29 is 9.53 Å². The van der Waals surface area contributed by atoms with Gasteiger partial charge in [-0.2, -0.15) is 0 Å². The molecule has 1 aromatic rings. The molecule has 0 heterocycles. The number of carbonyl (C=O) groups is 1. The fourth-order valence-corrected chi connectivity index (χ4v) is 2.79. The lowest BCUT2D eigenvalue weighted by Crippen LogP contribution is -2.38. The molecular formula is C18H29N3O2. The summed E-state index contributed by atoms with van der Waals surface area (Å²) in [6.45, 7) is 2.66. The second-order valence-electron chi connectivity index (χ2n) is 6.33. The summed E-state index contributed by atoms with van der Waals surface area (Å²) in [7, 11) is 4.05. The molecule has 5 heteroatoms. The van der Waals surface area contributed by atoms with E-state index in [9.17, 15) is 4.79 Å². The number of hydrogen-bond donors (Lipinski definition) is 2. The van der Waals surface area contributed by atoms with E-state index in [2.05, 4.69) is 27.7 Å². The van der Waals surface area contributed by atoms with Gasteiger partial charge in [-0.1, -0.05) is 6.07 Å². The summed E-state index contributed by atoms with van der Waals surface area (Å²) in [5.74, 6) is 0.902. The van der Waals surface area contributed by atoms with E-state index in [1.807, 2.05) is 20.2 Å². The highest BCUT2D eigenvalue weighted by molar-refractivity contribution is 5.73. The lowest BCUT2D eigenvalue weighted by atomic mass is 9.92. The van der Waals surface area contributed by atoms with Crippen molar-refractivity contribution in [1.29, 1.82) is 0 Å². The van der Waals surface area contributed by atoms with Crippen molar-refractivity contribution in [1.82, 2.24) is 15.5 Å². The minimum Gasteiger partial charge on any atom is -0.492 e. The van der Waals surface area contributed by atoms with E-state index in [-0.39, 0.29) is 6.03 Å². The van der Waals surface area contributed by atoms with Gasteiger partial charge >= 0.3 is 6.03 Å². The lowest BCUT2D eigenvalue weighted by Gasteiger charge is -2.17. The fraction of sp³-hybridized carbons (Fsp3) is 0.611. The van der Waals surface area contributed by atoms with Crippen LogP contribution < -0.4 is 15.4 Å². The molecule has 0 radical (unpaired) electrons. The van der Waals surface area contributed by atoms with Gasteiger partial charge in [0.1, 0.15) is 12.4 Å². The largest absolute Gasteiger partial charge is 0.492 e. The van der Waals surface area contributed by atoms with Crippen LogP contribution >= 0.6 is 0 Å². The number of carbonyl (C=O) groups excluding carboxylic acids is 1. The number of nitrogens with zero attached hydrogens (tertiary/aromatic N) is 1. The number of nitrogens with one attached hydrogen (secondary N) is 2. The molecule has 5 nitrogen and oxygen atoms in total.